The number of hydrogen-bond acceptors (Lipinski definition) is 3. The lowest BCUT2D eigenvalue weighted by Crippen LogP contribution is -2.28. The fourth-order valence-electron chi connectivity index (χ4n) is 2.39. The lowest BCUT2D eigenvalue weighted by molar-refractivity contribution is -0.118. The van der Waals surface area contributed by atoms with E-state index < -0.39 is 11.8 Å². The van der Waals surface area contributed by atoms with Gasteiger partial charge >= 0.3 is 0 Å². The number of carbonyl (C=O) groups excluding carboxylic acids is 3. The van der Waals surface area contributed by atoms with E-state index in [-0.39, 0.29) is 25.3 Å². The molecule has 0 saturated heterocycles. The predicted molar refractivity (Wildman–Crippen MR) is 106 cm³/mol. The molecule has 2 rings (SSSR count). The SMILES string of the molecule is NC(=O)CCNC(=O)c1ccccc1NC(=O)CCc1cccc(Cl)c1Cl. The molecular formula is C19H19Cl2N3O3. The summed E-state index contributed by atoms with van der Waals surface area (Å²) in [6, 6.07) is 11.9. The second-order valence-electron chi connectivity index (χ2n) is 5.78. The van der Waals surface area contributed by atoms with Gasteiger partial charge in [0, 0.05) is 19.4 Å². The molecule has 27 heavy (non-hydrogen) atoms. The van der Waals surface area contributed by atoms with Crippen LogP contribution < -0.4 is 16.4 Å². The number of carbonyl (C=O) groups is 3. The molecule has 0 heterocycles. The fourth-order valence-corrected chi connectivity index (χ4v) is 2.80. The number of nitrogens with two attached hydrogens (primary N) is 1. The Morgan fingerprint density at radius 1 is 0.963 bits per heavy atom. The van der Waals surface area contributed by atoms with Crippen LogP contribution in [0.1, 0.15) is 28.8 Å². The average Bonchev–Trinajstić information content (AvgIpc) is 2.63. The smallest absolute Gasteiger partial charge is 0.253 e. The van der Waals surface area contributed by atoms with Gasteiger partial charge in [0.05, 0.1) is 21.3 Å². The third-order valence-electron chi connectivity index (χ3n) is 3.76. The Balaban J connectivity index is 1.98. The number of hydrogen-bond donors (Lipinski definition) is 3. The standard InChI is InChI=1S/C19H19Cl2N3O3/c20-14-6-3-4-12(18(14)21)8-9-17(26)24-15-7-2-1-5-13(15)19(27)23-11-10-16(22)25/h1-7H,8-11H2,(H2,22,25)(H,23,27)(H,24,26). The Morgan fingerprint density at radius 2 is 1.70 bits per heavy atom. The maximum absolute atomic E-state index is 12.3. The van der Waals surface area contributed by atoms with Crippen LogP contribution in [0.25, 0.3) is 0 Å². The molecule has 8 heteroatoms. The van der Waals surface area contributed by atoms with Crippen molar-refractivity contribution < 1.29 is 14.4 Å². The minimum Gasteiger partial charge on any atom is -0.370 e. The summed E-state index contributed by atoms with van der Waals surface area (Å²) >= 11 is 12.1. The molecule has 0 aliphatic heterocycles. The number of para-hydroxylation sites is 1. The zero-order valence-corrected chi connectivity index (χ0v) is 15.9. The van der Waals surface area contributed by atoms with Gasteiger partial charge in [-0.05, 0) is 30.2 Å². The normalized spacial score (nSPS) is 10.3. The van der Waals surface area contributed by atoms with Gasteiger partial charge in [-0.25, -0.2) is 0 Å². The number of anilines is 1. The number of halogens is 2. The van der Waals surface area contributed by atoms with Gasteiger partial charge in [-0.1, -0.05) is 47.5 Å². The van der Waals surface area contributed by atoms with Crippen LogP contribution in [-0.4, -0.2) is 24.3 Å². The van der Waals surface area contributed by atoms with Crippen LogP contribution in [0.2, 0.25) is 10.0 Å². The first-order valence-electron chi connectivity index (χ1n) is 8.26. The highest BCUT2D eigenvalue weighted by atomic mass is 35.5. The Morgan fingerprint density at radius 3 is 2.44 bits per heavy atom. The molecule has 0 spiro atoms. The topological polar surface area (TPSA) is 101 Å². The number of rotatable bonds is 8. The Bertz CT molecular complexity index is 856. The zero-order chi connectivity index (χ0) is 19.8. The molecule has 2 aromatic rings. The van der Waals surface area contributed by atoms with E-state index in [1.54, 1.807) is 36.4 Å². The lowest BCUT2D eigenvalue weighted by atomic mass is 10.1. The van der Waals surface area contributed by atoms with Crippen LogP contribution in [-0.2, 0) is 16.0 Å². The highest BCUT2D eigenvalue weighted by Crippen LogP contribution is 2.26. The van der Waals surface area contributed by atoms with E-state index in [1.165, 1.54) is 0 Å². The third-order valence-corrected chi connectivity index (χ3v) is 4.61. The average molecular weight is 408 g/mol. The minimum absolute atomic E-state index is 0.0423. The second-order valence-corrected chi connectivity index (χ2v) is 6.56. The molecule has 0 saturated carbocycles. The van der Waals surface area contributed by atoms with Gasteiger partial charge in [0.2, 0.25) is 11.8 Å². The summed E-state index contributed by atoms with van der Waals surface area (Å²) in [7, 11) is 0. The summed E-state index contributed by atoms with van der Waals surface area (Å²) in [5, 5.41) is 6.19. The van der Waals surface area contributed by atoms with Gasteiger partial charge in [0.1, 0.15) is 0 Å². The Kier molecular flexibility index (Phi) is 7.64. The summed E-state index contributed by atoms with van der Waals surface area (Å²) in [5.74, 6) is -1.16. The molecule has 0 aliphatic rings. The number of amides is 3. The van der Waals surface area contributed by atoms with Gasteiger partial charge in [-0.2, -0.15) is 0 Å². The summed E-state index contributed by atoms with van der Waals surface area (Å²) in [6.45, 7) is 0.129. The first-order chi connectivity index (χ1) is 12.9. The van der Waals surface area contributed by atoms with E-state index in [1.807, 2.05) is 6.07 Å². The van der Waals surface area contributed by atoms with Crippen LogP contribution in [0.4, 0.5) is 5.69 Å². The third kappa shape index (κ3) is 6.27. The highest BCUT2D eigenvalue weighted by Gasteiger charge is 2.14. The Labute approximate surface area is 167 Å². The van der Waals surface area contributed by atoms with Crippen LogP contribution in [0.3, 0.4) is 0 Å². The number of benzene rings is 2. The van der Waals surface area contributed by atoms with Gasteiger partial charge < -0.3 is 16.4 Å². The first-order valence-corrected chi connectivity index (χ1v) is 9.02. The zero-order valence-electron chi connectivity index (χ0n) is 14.4. The van der Waals surface area contributed by atoms with Crippen molar-refractivity contribution in [1.29, 1.82) is 0 Å². The molecule has 6 nitrogen and oxygen atoms in total. The van der Waals surface area contributed by atoms with Gasteiger partial charge in [0.15, 0.2) is 0 Å². The summed E-state index contributed by atoms with van der Waals surface area (Å²) in [5.41, 5.74) is 6.51. The molecule has 3 amide bonds. The van der Waals surface area contributed by atoms with Crippen LogP contribution in [0.15, 0.2) is 42.5 Å². The Hall–Kier alpha value is -2.57. The van der Waals surface area contributed by atoms with Crippen molar-refractivity contribution in [3.05, 3.63) is 63.6 Å². The second kappa shape index (κ2) is 9.94. The van der Waals surface area contributed by atoms with Crippen molar-refractivity contribution in [2.24, 2.45) is 5.73 Å². The van der Waals surface area contributed by atoms with Crippen molar-refractivity contribution >= 4 is 46.6 Å². The largest absolute Gasteiger partial charge is 0.370 e. The van der Waals surface area contributed by atoms with Crippen molar-refractivity contribution in [1.82, 2.24) is 5.32 Å². The van der Waals surface area contributed by atoms with E-state index in [0.29, 0.717) is 27.7 Å². The van der Waals surface area contributed by atoms with Crippen LogP contribution >= 0.6 is 23.2 Å². The molecular weight excluding hydrogens is 389 g/mol. The molecule has 0 aliphatic carbocycles. The quantitative estimate of drug-likeness (QED) is 0.625. The molecule has 0 bridgehead atoms. The summed E-state index contributed by atoms with van der Waals surface area (Å²) < 4.78 is 0. The predicted octanol–water partition coefficient (Wildman–Crippen LogP) is 3.17. The van der Waals surface area contributed by atoms with E-state index in [2.05, 4.69) is 10.6 Å². The minimum atomic E-state index is -0.503. The summed E-state index contributed by atoms with van der Waals surface area (Å²) in [6.07, 6.45) is 0.635. The fraction of sp³-hybridized carbons (Fsp3) is 0.211. The van der Waals surface area contributed by atoms with Crippen LogP contribution in [0, 0.1) is 0 Å². The van der Waals surface area contributed by atoms with E-state index in [9.17, 15) is 14.4 Å². The highest BCUT2D eigenvalue weighted by molar-refractivity contribution is 6.42. The molecule has 0 unspecified atom stereocenters. The van der Waals surface area contributed by atoms with Crippen molar-refractivity contribution in [2.75, 3.05) is 11.9 Å². The molecule has 4 N–H and O–H groups in total. The number of primary amides is 1. The van der Waals surface area contributed by atoms with Gasteiger partial charge in [0.25, 0.3) is 5.91 Å². The maximum Gasteiger partial charge on any atom is 0.253 e. The van der Waals surface area contributed by atoms with Crippen LogP contribution in [0.5, 0.6) is 0 Å². The van der Waals surface area contributed by atoms with Crippen molar-refractivity contribution in [2.45, 2.75) is 19.3 Å². The number of aryl methyl sites for hydroxylation is 1. The maximum atomic E-state index is 12.3. The molecule has 142 valence electrons. The molecule has 0 radical (unpaired) electrons. The van der Waals surface area contributed by atoms with Crippen molar-refractivity contribution in [3.8, 4) is 0 Å². The van der Waals surface area contributed by atoms with Crippen molar-refractivity contribution in [3.63, 3.8) is 0 Å². The number of nitrogens with one attached hydrogen (secondary N) is 2. The molecule has 0 atom stereocenters. The van der Waals surface area contributed by atoms with E-state index >= 15 is 0 Å². The monoisotopic (exact) mass is 407 g/mol. The molecule has 0 fully saturated rings. The van der Waals surface area contributed by atoms with E-state index in [0.717, 1.165) is 5.56 Å². The van der Waals surface area contributed by atoms with E-state index in [4.69, 9.17) is 28.9 Å². The summed E-state index contributed by atoms with van der Waals surface area (Å²) in [4.78, 5) is 35.3. The van der Waals surface area contributed by atoms with Gasteiger partial charge in [-0.15, -0.1) is 0 Å². The molecule has 0 aromatic heterocycles. The molecule has 2 aromatic carbocycles. The van der Waals surface area contributed by atoms with Gasteiger partial charge in [-0.3, -0.25) is 14.4 Å². The first kappa shape index (κ1) is 20.7. The lowest BCUT2D eigenvalue weighted by Gasteiger charge is -2.11.